The van der Waals surface area contributed by atoms with E-state index in [9.17, 15) is 5.11 Å². The molecule has 0 aliphatic carbocycles. The molecule has 1 aromatic carbocycles. The zero-order chi connectivity index (χ0) is 16.9. The fourth-order valence-electron chi connectivity index (χ4n) is 2.36. The van der Waals surface area contributed by atoms with Crippen LogP contribution in [-0.4, -0.2) is 32.1 Å². The first-order chi connectivity index (χ1) is 10.8. The lowest BCUT2D eigenvalue weighted by molar-refractivity contribution is -0.0825. The molecule has 126 valence electrons. The topological polar surface area (TPSA) is 60.2 Å². The number of nitrogens with zero attached hydrogens (tertiary/aromatic N) is 3. The molecule has 0 bridgehead atoms. The van der Waals surface area contributed by atoms with Crippen LogP contribution in [0.25, 0.3) is 0 Å². The van der Waals surface area contributed by atoms with Crippen molar-refractivity contribution in [1.29, 1.82) is 0 Å². The lowest BCUT2D eigenvalue weighted by Crippen LogP contribution is -2.46. The molecular weight excluding hydrogens is 314 g/mol. The molecule has 2 aromatic rings. The summed E-state index contributed by atoms with van der Waals surface area (Å²) in [5, 5.41) is 15.9. The summed E-state index contributed by atoms with van der Waals surface area (Å²) in [7, 11) is 0. The van der Waals surface area contributed by atoms with Crippen LogP contribution < -0.4 is 4.74 Å². The van der Waals surface area contributed by atoms with Crippen LogP contribution in [0, 0.1) is 5.41 Å². The number of hydrogen-bond acceptors (Lipinski definition) is 4. The van der Waals surface area contributed by atoms with Crippen molar-refractivity contribution in [1.82, 2.24) is 14.8 Å². The molecule has 0 spiro atoms. The standard InChI is InChI=1S/C17H24ClN3O2/c1-16(2,3)17(22,11-21-13-19-12-20-21)9-4-10-23-15-7-5-14(18)6-8-15/h5-8,12-13,22H,4,9-11H2,1-3H3. The van der Waals surface area contributed by atoms with Gasteiger partial charge in [-0.1, -0.05) is 32.4 Å². The van der Waals surface area contributed by atoms with Gasteiger partial charge in [-0.15, -0.1) is 0 Å². The molecule has 1 unspecified atom stereocenters. The van der Waals surface area contributed by atoms with E-state index in [0.29, 0.717) is 24.6 Å². The Hall–Kier alpha value is -1.59. The first kappa shape index (κ1) is 17.8. The van der Waals surface area contributed by atoms with Crippen LogP contribution >= 0.6 is 11.6 Å². The summed E-state index contributed by atoms with van der Waals surface area (Å²) in [6, 6.07) is 7.28. The molecule has 1 aromatic heterocycles. The van der Waals surface area contributed by atoms with Crippen molar-refractivity contribution in [3.8, 4) is 5.75 Å². The summed E-state index contributed by atoms with van der Waals surface area (Å²) in [6.07, 6.45) is 4.46. The van der Waals surface area contributed by atoms with E-state index < -0.39 is 5.60 Å². The molecule has 23 heavy (non-hydrogen) atoms. The smallest absolute Gasteiger partial charge is 0.137 e. The van der Waals surface area contributed by atoms with Crippen LogP contribution in [0.3, 0.4) is 0 Å². The second-order valence-corrected chi connectivity index (χ2v) is 7.22. The van der Waals surface area contributed by atoms with E-state index in [-0.39, 0.29) is 5.41 Å². The Morgan fingerprint density at radius 2 is 1.91 bits per heavy atom. The van der Waals surface area contributed by atoms with Crippen molar-refractivity contribution in [2.75, 3.05) is 6.61 Å². The largest absolute Gasteiger partial charge is 0.494 e. The maximum absolute atomic E-state index is 11.1. The summed E-state index contributed by atoms with van der Waals surface area (Å²) >= 11 is 5.85. The normalized spacial score (nSPS) is 14.5. The zero-order valence-electron chi connectivity index (χ0n) is 13.9. The van der Waals surface area contributed by atoms with Crippen LogP contribution in [-0.2, 0) is 6.54 Å². The SMILES string of the molecule is CC(C)(C)C(O)(CCCOc1ccc(Cl)cc1)Cn1cncn1. The van der Waals surface area contributed by atoms with Crippen LogP contribution in [0.4, 0.5) is 0 Å². The fraction of sp³-hybridized carbons (Fsp3) is 0.529. The van der Waals surface area contributed by atoms with Crippen LogP contribution in [0.2, 0.25) is 5.02 Å². The van der Waals surface area contributed by atoms with Gasteiger partial charge in [0.1, 0.15) is 18.4 Å². The summed E-state index contributed by atoms with van der Waals surface area (Å²) in [5.41, 5.74) is -1.16. The van der Waals surface area contributed by atoms with E-state index >= 15 is 0 Å². The molecule has 6 heteroatoms. The maximum atomic E-state index is 11.1. The number of benzene rings is 1. The van der Waals surface area contributed by atoms with Gasteiger partial charge in [-0.25, -0.2) is 4.98 Å². The molecule has 1 heterocycles. The van der Waals surface area contributed by atoms with Crippen LogP contribution in [0.15, 0.2) is 36.9 Å². The molecule has 0 aliphatic rings. The van der Waals surface area contributed by atoms with Gasteiger partial charge in [0.15, 0.2) is 0 Å². The van der Waals surface area contributed by atoms with Gasteiger partial charge in [0.2, 0.25) is 0 Å². The van der Waals surface area contributed by atoms with E-state index in [0.717, 1.165) is 12.2 Å². The highest BCUT2D eigenvalue weighted by atomic mass is 35.5. The molecule has 0 saturated heterocycles. The first-order valence-corrected chi connectivity index (χ1v) is 8.11. The Kier molecular flexibility index (Phi) is 5.65. The Balaban J connectivity index is 1.89. The maximum Gasteiger partial charge on any atom is 0.137 e. The van der Waals surface area contributed by atoms with Crippen LogP contribution in [0.5, 0.6) is 5.75 Å². The minimum Gasteiger partial charge on any atom is -0.494 e. The van der Waals surface area contributed by atoms with E-state index in [1.807, 2.05) is 32.9 Å². The van der Waals surface area contributed by atoms with Crippen molar-refractivity contribution in [2.24, 2.45) is 5.41 Å². The van der Waals surface area contributed by atoms with Gasteiger partial charge in [0.25, 0.3) is 0 Å². The van der Waals surface area contributed by atoms with Gasteiger partial charge in [-0.05, 0) is 42.5 Å². The Labute approximate surface area is 142 Å². The number of aliphatic hydroxyl groups is 1. The molecule has 1 atom stereocenters. The molecule has 5 nitrogen and oxygen atoms in total. The zero-order valence-corrected chi connectivity index (χ0v) is 14.6. The van der Waals surface area contributed by atoms with E-state index in [1.165, 1.54) is 6.33 Å². The Morgan fingerprint density at radius 1 is 1.22 bits per heavy atom. The van der Waals surface area contributed by atoms with Crippen molar-refractivity contribution < 1.29 is 9.84 Å². The molecule has 0 amide bonds. The highest BCUT2D eigenvalue weighted by molar-refractivity contribution is 6.30. The minimum absolute atomic E-state index is 0.279. The average molecular weight is 338 g/mol. The van der Waals surface area contributed by atoms with E-state index in [2.05, 4.69) is 10.1 Å². The van der Waals surface area contributed by atoms with Crippen molar-refractivity contribution in [3.05, 3.63) is 41.9 Å². The highest BCUT2D eigenvalue weighted by Crippen LogP contribution is 2.35. The van der Waals surface area contributed by atoms with E-state index in [4.69, 9.17) is 16.3 Å². The van der Waals surface area contributed by atoms with Gasteiger partial charge in [-0.3, -0.25) is 4.68 Å². The molecule has 0 saturated carbocycles. The third-order valence-electron chi connectivity index (χ3n) is 4.10. The summed E-state index contributed by atoms with van der Waals surface area (Å²) in [4.78, 5) is 3.94. The lowest BCUT2D eigenvalue weighted by Gasteiger charge is -2.40. The predicted octanol–water partition coefficient (Wildman–Crippen LogP) is 3.57. The number of aromatic nitrogens is 3. The fourth-order valence-corrected chi connectivity index (χ4v) is 2.49. The summed E-state index contributed by atoms with van der Waals surface area (Å²) in [6.45, 7) is 7.05. The Bertz CT molecular complexity index is 593. The van der Waals surface area contributed by atoms with Gasteiger partial charge in [0, 0.05) is 5.02 Å². The molecule has 0 radical (unpaired) electrons. The number of halogens is 1. The monoisotopic (exact) mass is 337 g/mol. The number of ether oxygens (including phenoxy) is 1. The average Bonchev–Trinajstić information content (AvgIpc) is 2.97. The molecular formula is C17H24ClN3O2. The minimum atomic E-state index is -0.885. The van der Waals surface area contributed by atoms with Crippen molar-refractivity contribution in [2.45, 2.75) is 45.8 Å². The van der Waals surface area contributed by atoms with Gasteiger partial charge < -0.3 is 9.84 Å². The summed E-state index contributed by atoms with van der Waals surface area (Å²) < 4.78 is 7.37. The quantitative estimate of drug-likeness (QED) is 0.785. The van der Waals surface area contributed by atoms with Crippen molar-refractivity contribution >= 4 is 11.6 Å². The predicted molar refractivity (Wildman–Crippen MR) is 90.6 cm³/mol. The number of hydrogen-bond donors (Lipinski definition) is 1. The Morgan fingerprint density at radius 3 is 2.48 bits per heavy atom. The van der Waals surface area contributed by atoms with Gasteiger partial charge in [-0.2, -0.15) is 5.10 Å². The van der Waals surface area contributed by atoms with Gasteiger partial charge >= 0.3 is 0 Å². The second-order valence-electron chi connectivity index (χ2n) is 6.78. The third-order valence-corrected chi connectivity index (χ3v) is 4.36. The van der Waals surface area contributed by atoms with E-state index in [1.54, 1.807) is 23.1 Å². The lowest BCUT2D eigenvalue weighted by atomic mass is 9.73. The van der Waals surface area contributed by atoms with Crippen molar-refractivity contribution in [3.63, 3.8) is 0 Å². The van der Waals surface area contributed by atoms with Gasteiger partial charge in [0.05, 0.1) is 18.8 Å². The number of rotatable bonds is 7. The third kappa shape index (κ3) is 4.94. The first-order valence-electron chi connectivity index (χ1n) is 7.73. The summed E-state index contributed by atoms with van der Waals surface area (Å²) in [5.74, 6) is 0.782. The molecule has 0 aliphatic heterocycles. The molecule has 0 fully saturated rings. The highest BCUT2D eigenvalue weighted by Gasteiger charge is 2.40. The van der Waals surface area contributed by atoms with Crippen LogP contribution in [0.1, 0.15) is 33.6 Å². The molecule has 1 N–H and O–H groups in total. The molecule has 2 rings (SSSR count). The second kappa shape index (κ2) is 7.32.